The van der Waals surface area contributed by atoms with E-state index in [4.69, 9.17) is 5.11 Å². The van der Waals surface area contributed by atoms with Crippen LogP contribution in [0.5, 0.6) is 0 Å². The molecule has 0 saturated carbocycles. The summed E-state index contributed by atoms with van der Waals surface area (Å²) >= 11 is 1.22. The zero-order valence-corrected chi connectivity index (χ0v) is 12.7. The predicted molar refractivity (Wildman–Crippen MR) is 87.1 cm³/mol. The van der Waals surface area contributed by atoms with Crippen LogP contribution in [0, 0.1) is 0 Å². The maximum atomic E-state index is 12.6. The van der Waals surface area contributed by atoms with Gasteiger partial charge in [-0.25, -0.2) is 4.98 Å². The molecule has 0 aliphatic heterocycles. The first kappa shape index (κ1) is 15.0. The standard InChI is InChI=1S/C15H12N4O3S/c20-14(21)7-8-19-13(6-5-10-9-23-18-17-10)16-12-4-2-1-3-11(12)15(19)22/h1-6,9H,7-8H2,(H,20,21)/b6-5+. The van der Waals surface area contributed by atoms with Gasteiger partial charge in [-0.3, -0.25) is 14.2 Å². The van der Waals surface area contributed by atoms with Crippen LogP contribution in [-0.4, -0.2) is 30.2 Å². The van der Waals surface area contributed by atoms with Gasteiger partial charge in [-0.2, -0.15) is 0 Å². The molecule has 0 atom stereocenters. The van der Waals surface area contributed by atoms with Crippen molar-refractivity contribution in [2.75, 3.05) is 0 Å². The van der Waals surface area contributed by atoms with Gasteiger partial charge in [0.05, 0.1) is 23.0 Å². The SMILES string of the molecule is O=C(O)CCn1c(/C=C/c2csnn2)nc2ccccc2c1=O. The number of carboxylic acids is 1. The Morgan fingerprint density at radius 3 is 2.87 bits per heavy atom. The summed E-state index contributed by atoms with van der Waals surface area (Å²) in [4.78, 5) is 27.9. The van der Waals surface area contributed by atoms with E-state index in [2.05, 4.69) is 14.6 Å². The summed E-state index contributed by atoms with van der Waals surface area (Å²) in [6.07, 6.45) is 3.18. The average molecular weight is 328 g/mol. The van der Waals surface area contributed by atoms with Gasteiger partial charge in [-0.15, -0.1) is 5.10 Å². The number of nitrogens with zero attached hydrogens (tertiary/aromatic N) is 4. The first-order valence-corrected chi connectivity index (χ1v) is 7.65. The summed E-state index contributed by atoms with van der Waals surface area (Å²) in [5, 5.41) is 15.0. The molecule has 0 aliphatic carbocycles. The number of para-hydroxylation sites is 1. The lowest BCUT2D eigenvalue weighted by Gasteiger charge is -2.09. The van der Waals surface area contributed by atoms with Crippen molar-refractivity contribution in [3.8, 4) is 0 Å². The van der Waals surface area contributed by atoms with Crippen LogP contribution in [0.15, 0.2) is 34.4 Å². The van der Waals surface area contributed by atoms with Crippen molar-refractivity contribution in [1.82, 2.24) is 19.1 Å². The molecular formula is C15H12N4O3S. The summed E-state index contributed by atoms with van der Waals surface area (Å²) in [7, 11) is 0. The van der Waals surface area contributed by atoms with Gasteiger partial charge in [0.15, 0.2) is 0 Å². The van der Waals surface area contributed by atoms with Crippen LogP contribution in [0.1, 0.15) is 17.9 Å². The van der Waals surface area contributed by atoms with E-state index in [1.807, 2.05) is 0 Å². The van der Waals surface area contributed by atoms with E-state index < -0.39 is 5.97 Å². The molecule has 2 aromatic heterocycles. The number of aliphatic carboxylic acids is 1. The summed E-state index contributed by atoms with van der Waals surface area (Å²) in [5.74, 6) is -0.577. The predicted octanol–water partition coefficient (Wildman–Crippen LogP) is 1.89. The molecule has 0 radical (unpaired) electrons. The van der Waals surface area contributed by atoms with Gasteiger partial charge < -0.3 is 5.11 Å². The van der Waals surface area contributed by atoms with Gasteiger partial charge in [0.1, 0.15) is 5.82 Å². The second kappa shape index (κ2) is 6.49. The van der Waals surface area contributed by atoms with Gasteiger partial charge in [0.2, 0.25) is 0 Å². The van der Waals surface area contributed by atoms with Crippen LogP contribution in [0.4, 0.5) is 0 Å². The Kier molecular flexibility index (Phi) is 4.24. The third-order valence-electron chi connectivity index (χ3n) is 3.22. The fraction of sp³-hybridized carbons (Fsp3) is 0.133. The molecule has 0 bridgehead atoms. The van der Waals surface area contributed by atoms with Crippen molar-refractivity contribution in [3.63, 3.8) is 0 Å². The summed E-state index contributed by atoms with van der Waals surface area (Å²) in [6, 6.07) is 6.98. The molecule has 3 rings (SSSR count). The van der Waals surface area contributed by atoms with Crippen molar-refractivity contribution < 1.29 is 9.90 Å². The molecule has 3 aromatic rings. The van der Waals surface area contributed by atoms with Crippen LogP contribution in [0.25, 0.3) is 23.1 Å². The lowest BCUT2D eigenvalue weighted by molar-refractivity contribution is -0.137. The monoisotopic (exact) mass is 328 g/mol. The maximum Gasteiger partial charge on any atom is 0.305 e. The number of carbonyl (C=O) groups is 1. The lowest BCUT2D eigenvalue weighted by atomic mass is 10.2. The van der Waals surface area contributed by atoms with Gasteiger partial charge in [-0.05, 0) is 35.8 Å². The zero-order chi connectivity index (χ0) is 16.2. The molecular weight excluding hydrogens is 316 g/mol. The fourth-order valence-electron chi connectivity index (χ4n) is 2.14. The van der Waals surface area contributed by atoms with Crippen molar-refractivity contribution in [2.24, 2.45) is 0 Å². The minimum Gasteiger partial charge on any atom is -0.481 e. The molecule has 116 valence electrons. The third-order valence-corrected chi connectivity index (χ3v) is 3.74. The normalized spacial score (nSPS) is 11.3. The highest BCUT2D eigenvalue weighted by molar-refractivity contribution is 7.03. The number of rotatable bonds is 5. The summed E-state index contributed by atoms with van der Waals surface area (Å²) in [6.45, 7) is 0.0565. The van der Waals surface area contributed by atoms with Crippen LogP contribution in [0.3, 0.4) is 0 Å². The topological polar surface area (TPSA) is 98.0 Å². The number of hydrogen-bond acceptors (Lipinski definition) is 6. The van der Waals surface area contributed by atoms with Crippen LogP contribution in [0.2, 0.25) is 0 Å². The minimum absolute atomic E-state index is 0.0565. The smallest absolute Gasteiger partial charge is 0.305 e. The molecule has 0 spiro atoms. The first-order valence-electron chi connectivity index (χ1n) is 6.81. The molecule has 0 aliphatic rings. The lowest BCUT2D eigenvalue weighted by Crippen LogP contribution is -2.25. The van der Waals surface area contributed by atoms with Crippen LogP contribution >= 0.6 is 11.5 Å². The highest BCUT2D eigenvalue weighted by Crippen LogP contribution is 2.11. The van der Waals surface area contributed by atoms with Crippen LogP contribution < -0.4 is 5.56 Å². The molecule has 1 aromatic carbocycles. The zero-order valence-electron chi connectivity index (χ0n) is 11.9. The Bertz CT molecular complexity index is 932. The molecule has 2 heterocycles. The Hall–Kier alpha value is -2.87. The Morgan fingerprint density at radius 2 is 2.13 bits per heavy atom. The van der Waals surface area contributed by atoms with Gasteiger partial charge in [0.25, 0.3) is 5.56 Å². The van der Waals surface area contributed by atoms with E-state index in [1.165, 1.54) is 16.1 Å². The first-order chi connectivity index (χ1) is 11.1. The molecule has 0 unspecified atom stereocenters. The molecule has 0 saturated heterocycles. The number of fused-ring (bicyclic) bond motifs is 1. The van der Waals surface area contributed by atoms with Crippen molar-refractivity contribution in [3.05, 3.63) is 51.5 Å². The highest BCUT2D eigenvalue weighted by atomic mass is 32.1. The summed E-state index contributed by atoms with van der Waals surface area (Å²) < 4.78 is 5.13. The average Bonchev–Trinajstić information content (AvgIpc) is 3.05. The van der Waals surface area contributed by atoms with Crippen molar-refractivity contribution in [2.45, 2.75) is 13.0 Å². The maximum absolute atomic E-state index is 12.6. The van der Waals surface area contributed by atoms with E-state index in [-0.39, 0.29) is 18.5 Å². The van der Waals surface area contributed by atoms with Crippen molar-refractivity contribution in [1.29, 1.82) is 0 Å². The summed E-state index contributed by atoms with van der Waals surface area (Å²) in [5.41, 5.74) is 0.968. The van der Waals surface area contributed by atoms with E-state index >= 15 is 0 Å². The minimum atomic E-state index is -0.969. The fourth-order valence-corrected chi connectivity index (χ4v) is 2.56. The van der Waals surface area contributed by atoms with Crippen LogP contribution in [-0.2, 0) is 11.3 Å². The number of aromatic nitrogens is 4. The van der Waals surface area contributed by atoms with E-state index in [1.54, 1.807) is 41.8 Å². The second-order valence-electron chi connectivity index (χ2n) is 4.75. The number of carboxylic acid groups (broad SMARTS) is 1. The van der Waals surface area contributed by atoms with E-state index in [0.717, 1.165) is 0 Å². The largest absolute Gasteiger partial charge is 0.481 e. The van der Waals surface area contributed by atoms with Gasteiger partial charge in [0, 0.05) is 11.9 Å². The quantitative estimate of drug-likeness (QED) is 0.768. The van der Waals surface area contributed by atoms with Crippen molar-refractivity contribution >= 4 is 40.6 Å². The number of hydrogen-bond donors (Lipinski definition) is 1. The molecule has 7 nitrogen and oxygen atoms in total. The Balaban J connectivity index is 2.11. The van der Waals surface area contributed by atoms with E-state index in [0.29, 0.717) is 22.4 Å². The molecule has 23 heavy (non-hydrogen) atoms. The van der Waals surface area contributed by atoms with Gasteiger partial charge in [-0.1, -0.05) is 16.6 Å². The molecule has 1 N–H and O–H groups in total. The third kappa shape index (κ3) is 3.32. The van der Waals surface area contributed by atoms with E-state index in [9.17, 15) is 9.59 Å². The highest BCUT2D eigenvalue weighted by Gasteiger charge is 2.10. The Morgan fingerprint density at radius 1 is 1.30 bits per heavy atom. The molecule has 0 fully saturated rings. The Labute approximate surface area is 134 Å². The number of benzene rings is 1. The van der Waals surface area contributed by atoms with Gasteiger partial charge >= 0.3 is 5.97 Å². The molecule has 8 heteroatoms. The second-order valence-corrected chi connectivity index (χ2v) is 5.36. The molecule has 0 amide bonds.